The summed E-state index contributed by atoms with van der Waals surface area (Å²) in [5.74, 6) is 0.0761. The summed E-state index contributed by atoms with van der Waals surface area (Å²) in [5.41, 5.74) is 1.17. The summed E-state index contributed by atoms with van der Waals surface area (Å²) in [5, 5.41) is 3.41. The molecular weight excluding hydrogens is 229 g/mol. The van der Waals surface area contributed by atoms with Gasteiger partial charge < -0.3 is 10.1 Å². The van der Waals surface area contributed by atoms with Crippen molar-refractivity contribution < 1.29 is 9.13 Å². The Balaban J connectivity index is 2.20. The van der Waals surface area contributed by atoms with Crippen LogP contribution >= 0.6 is 0 Å². The number of halogens is 1. The number of hydrogen-bond donors (Lipinski definition) is 1. The van der Waals surface area contributed by atoms with Crippen molar-refractivity contribution >= 4 is 0 Å². The predicted octanol–water partition coefficient (Wildman–Crippen LogP) is 3.68. The zero-order chi connectivity index (χ0) is 13.6. The molecule has 0 saturated carbocycles. The van der Waals surface area contributed by atoms with E-state index in [1.54, 1.807) is 12.1 Å². The number of hydrogen-bond acceptors (Lipinski definition) is 2. The van der Waals surface area contributed by atoms with Gasteiger partial charge in [0.1, 0.15) is 0 Å². The highest BCUT2D eigenvalue weighted by atomic mass is 19.1. The van der Waals surface area contributed by atoms with E-state index in [0.29, 0.717) is 12.4 Å². The number of ether oxygens (including phenoxy) is 1. The maximum atomic E-state index is 13.4. The van der Waals surface area contributed by atoms with E-state index in [2.05, 4.69) is 26.1 Å². The Morgan fingerprint density at radius 1 is 1.22 bits per heavy atom. The SMILES string of the molecule is Cc1ccc(F)c(OCCCCNC(C)(C)C)c1. The minimum atomic E-state index is -0.284. The number of benzene rings is 1. The molecule has 0 aromatic heterocycles. The fourth-order valence-corrected chi connectivity index (χ4v) is 1.59. The molecule has 0 amide bonds. The monoisotopic (exact) mass is 253 g/mol. The summed E-state index contributed by atoms with van der Waals surface area (Å²) >= 11 is 0. The van der Waals surface area contributed by atoms with Crippen molar-refractivity contribution in [2.45, 2.75) is 46.1 Å². The fourth-order valence-electron chi connectivity index (χ4n) is 1.59. The lowest BCUT2D eigenvalue weighted by atomic mass is 10.1. The highest BCUT2D eigenvalue weighted by Crippen LogP contribution is 2.18. The van der Waals surface area contributed by atoms with Crippen molar-refractivity contribution in [3.63, 3.8) is 0 Å². The molecule has 1 aromatic carbocycles. The summed E-state index contributed by atoms with van der Waals surface area (Å²) in [4.78, 5) is 0. The molecule has 0 fully saturated rings. The van der Waals surface area contributed by atoms with Crippen molar-refractivity contribution in [2.24, 2.45) is 0 Å². The molecule has 0 bridgehead atoms. The maximum absolute atomic E-state index is 13.4. The quantitative estimate of drug-likeness (QED) is 0.781. The van der Waals surface area contributed by atoms with E-state index in [4.69, 9.17) is 4.74 Å². The zero-order valence-corrected chi connectivity index (χ0v) is 11.8. The van der Waals surface area contributed by atoms with Gasteiger partial charge in [-0.2, -0.15) is 0 Å². The zero-order valence-electron chi connectivity index (χ0n) is 11.8. The van der Waals surface area contributed by atoms with Gasteiger partial charge >= 0.3 is 0 Å². The van der Waals surface area contributed by atoms with Gasteiger partial charge in [-0.25, -0.2) is 4.39 Å². The molecule has 0 unspecified atom stereocenters. The molecule has 1 rings (SSSR count). The van der Waals surface area contributed by atoms with Crippen molar-refractivity contribution in [1.82, 2.24) is 5.32 Å². The van der Waals surface area contributed by atoms with Crippen LogP contribution < -0.4 is 10.1 Å². The lowest BCUT2D eigenvalue weighted by molar-refractivity contribution is 0.287. The third-order valence-corrected chi connectivity index (χ3v) is 2.57. The van der Waals surface area contributed by atoms with Crippen LogP contribution in [-0.4, -0.2) is 18.7 Å². The van der Waals surface area contributed by atoms with E-state index in [1.807, 2.05) is 6.92 Å². The van der Waals surface area contributed by atoms with Crippen LogP contribution in [0.25, 0.3) is 0 Å². The van der Waals surface area contributed by atoms with Crippen molar-refractivity contribution in [1.29, 1.82) is 0 Å². The highest BCUT2D eigenvalue weighted by molar-refractivity contribution is 5.29. The van der Waals surface area contributed by atoms with Gasteiger partial charge in [-0.15, -0.1) is 0 Å². The van der Waals surface area contributed by atoms with Gasteiger partial charge in [-0.05, 0) is 64.8 Å². The molecule has 2 nitrogen and oxygen atoms in total. The molecule has 0 aliphatic rings. The molecule has 0 atom stereocenters. The summed E-state index contributed by atoms with van der Waals surface area (Å²) < 4.78 is 18.8. The first kappa shape index (κ1) is 15.0. The summed E-state index contributed by atoms with van der Waals surface area (Å²) in [6.07, 6.45) is 1.96. The lowest BCUT2D eigenvalue weighted by Crippen LogP contribution is -2.36. The molecule has 1 N–H and O–H groups in total. The molecule has 0 aliphatic carbocycles. The summed E-state index contributed by atoms with van der Waals surface area (Å²) in [6, 6.07) is 4.93. The van der Waals surface area contributed by atoms with Crippen LogP contribution in [0.3, 0.4) is 0 Å². The van der Waals surface area contributed by atoms with Gasteiger partial charge in [0.2, 0.25) is 0 Å². The average molecular weight is 253 g/mol. The van der Waals surface area contributed by atoms with Crippen LogP contribution in [0.15, 0.2) is 18.2 Å². The Morgan fingerprint density at radius 3 is 2.61 bits per heavy atom. The second kappa shape index (κ2) is 6.74. The number of unbranched alkanes of at least 4 members (excludes halogenated alkanes) is 1. The standard InChI is InChI=1S/C15H24FNO/c1-12-7-8-13(16)14(11-12)18-10-6-5-9-17-15(2,3)4/h7-8,11,17H,5-6,9-10H2,1-4H3. The van der Waals surface area contributed by atoms with Gasteiger partial charge in [0.05, 0.1) is 6.61 Å². The molecule has 3 heteroatoms. The van der Waals surface area contributed by atoms with Gasteiger partial charge in [0.15, 0.2) is 11.6 Å². The normalized spacial score (nSPS) is 11.6. The van der Waals surface area contributed by atoms with E-state index >= 15 is 0 Å². The smallest absolute Gasteiger partial charge is 0.165 e. The van der Waals surface area contributed by atoms with Gasteiger partial charge in [0.25, 0.3) is 0 Å². The van der Waals surface area contributed by atoms with E-state index in [1.165, 1.54) is 6.07 Å². The minimum absolute atomic E-state index is 0.156. The Bertz CT molecular complexity index is 371. The predicted molar refractivity (Wildman–Crippen MR) is 73.6 cm³/mol. The Morgan fingerprint density at radius 2 is 1.94 bits per heavy atom. The van der Waals surface area contributed by atoms with Crippen LogP contribution in [-0.2, 0) is 0 Å². The topological polar surface area (TPSA) is 21.3 Å². The molecule has 0 heterocycles. The third-order valence-electron chi connectivity index (χ3n) is 2.57. The van der Waals surface area contributed by atoms with Gasteiger partial charge in [-0.1, -0.05) is 6.07 Å². The van der Waals surface area contributed by atoms with Crippen molar-refractivity contribution in [3.05, 3.63) is 29.6 Å². The van der Waals surface area contributed by atoms with Gasteiger partial charge in [0, 0.05) is 5.54 Å². The van der Waals surface area contributed by atoms with Crippen LogP contribution in [0.1, 0.15) is 39.2 Å². The van der Waals surface area contributed by atoms with Crippen LogP contribution in [0.5, 0.6) is 5.75 Å². The molecule has 102 valence electrons. The third kappa shape index (κ3) is 6.01. The molecule has 0 spiro atoms. The van der Waals surface area contributed by atoms with Crippen molar-refractivity contribution in [3.8, 4) is 5.75 Å². The van der Waals surface area contributed by atoms with E-state index in [0.717, 1.165) is 24.9 Å². The molecule has 0 saturated heterocycles. The van der Waals surface area contributed by atoms with E-state index < -0.39 is 0 Å². The summed E-state index contributed by atoms with van der Waals surface area (Å²) in [6.45, 7) is 9.89. The van der Waals surface area contributed by atoms with Crippen LogP contribution in [0.4, 0.5) is 4.39 Å². The number of rotatable bonds is 6. The first-order valence-corrected chi connectivity index (χ1v) is 6.52. The average Bonchev–Trinajstić information content (AvgIpc) is 2.26. The van der Waals surface area contributed by atoms with Crippen LogP contribution in [0, 0.1) is 12.7 Å². The Hall–Kier alpha value is -1.09. The fraction of sp³-hybridized carbons (Fsp3) is 0.600. The summed E-state index contributed by atoms with van der Waals surface area (Å²) in [7, 11) is 0. The minimum Gasteiger partial charge on any atom is -0.491 e. The first-order valence-electron chi connectivity index (χ1n) is 6.52. The van der Waals surface area contributed by atoms with Crippen molar-refractivity contribution in [2.75, 3.05) is 13.2 Å². The Labute approximate surface area is 110 Å². The number of aryl methyl sites for hydroxylation is 1. The maximum Gasteiger partial charge on any atom is 0.165 e. The molecule has 0 radical (unpaired) electrons. The molecular formula is C15H24FNO. The van der Waals surface area contributed by atoms with Crippen LogP contribution in [0.2, 0.25) is 0 Å². The van der Waals surface area contributed by atoms with E-state index in [-0.39, 0.29) is 11.4 Å². The second-order valence-electron chi connectivity index (χ2n) is 5.67. The first-order chi connectivity index (χ1) is 8.38. The largest absolute Gasteiger partial charge is 0.491 e. The molecule has 0 aliphatic heterocycles. The second-order valence-corrected chi connectivity index (χ2v) is 5.67. The van der Waals surface area contributed by atoms with E-state index in [9.17, 15) is 4.39 Å². The van der Waals surface area contributed by atoms with Gasteiger partial charge in [-0.3, -0.25) is 0 Å². The molecule has 1 aromatic rings. The molecule has 18 heavy (non-hydrogen) atoms. The Kier molecular flexibility index (Phi) is 5.60. The number of nitrogens with one attached hydrogen (secondary N) is 1. The lowest BCUT2D eigenvalue weighted by Gasteiger charge is -2.20. The highest BCUT2D eigenvalue weighted by Gasteiger charge is 2.07.